The van der Waals surface area contributed by atoms with Gasteiger partial charge in [0.05, 0.1) is 29.2 Å². The van der Waals surface area contributed by atoms with Crippen molar-refractivity contribution in [1.82, 2.24) is 29.9 Å². The van der Waals surface area contributed by atoms with Crippen molar-refractivity contribution < 1.29 is 4.79 Å². The van der Waals surface area contributed by atoms with Crippen LogP contribution in [-0.2, 0) is 13.5 Å². The molecule has 1 atom stereocenters. The summed E-state index contributed by atoms with van der Waals surface area (Å²) >= 11 is 0. The maximum absolute atomic E-state index is 12.9. The van der Waals surface area contributed by atoms with Gasteiger partial charge < -0.3 is 5.32 Å². The first-order chi connectivity index (χ1) is 12.6. The molecular weight excluding hydrogens is 328 g/mol. The normalized spacial score (nSPS) is 16.3. The quantitative estimate of drug-likeness (QED) is 0.787. The van der Waals surface area contributed by atoms with Gasteiger partial charge in [-0.25, -0.2) is 9.67 Å². The number of hydrogen-bond donors (Lipinski definition) is 1. The lowest BCUT2D eigenvalue weighted by Crippen LogP contribution is -2.31. The Morgan fingerprint density at radius 3 is 2.85 bits per heavy atom. The Labute approximate surface area is 152 Å². The first-order valence-electron chi connectivity index (χ1n) is 8.85. The Morgan fingerprint density at radius 1 is 1.31 bits per heavy atom. The second-order valence-corrected chi connectivity index (χ2v) is 6.73. The van der Waals surface area contributed by atoms with E-state index in [0.29, 0.717) is 5.56 Å². The molecule has 3 aromatic heterocycles. The second-order valence-electron chi connectivity index (χ2n) is 6.73. The van der Waals surface area contributed by atoms with Crippen molar-refractivity contribution >= 4 is 5.91 Å². The van der Waals surface area contributed by atoms with Crippen molar-refractivity contribution in [2.45, 2.75) is 39.2 Å². The summed E-state index contributed by atoms with van der Waals surface area (Å²) in [4.78, 5) is 17.2. The van der Waals surface area contributed by atoms with Gasteiger partial charge >= 0.3 is 0 Å². The Balaban J connectivity index is 1.63. The van der Waals surface area contributed by atoms with Crippen LogP contribution in [0.5, 0.6) is 0 Å². The minimum atomic E-state index is -0.0727. The number of amides is 1. The Bertz CT molecular complexity index is 956. The summed E-state index contributed by atoms with van der Waals surface area (Å²) in [6, 6.07) is 5.74. The van der Waals surface area contributed by atoms with E-state index in [1.54, 1.807) is 10.9 Å². The fourth-order valence-electron chi connectivity index (χ4n) is 3.72. The SMILES string of the molecule is Cc1nn(C)c(C)c1C(=O)N[C@@H]1CCCc2c1cnn2-c1ccccn1. The lowest BCUT2D eigenvalue weighted by molar-refractivity contribution is 0.0931. The molecule has 0 saturated carbocycles. The number of nitrogens with one attached hydrogen (secondary N) is 1. The lowest BCUT2D eigenvalue weighted by Gasteiger charge is -2.24. The molecule has 4 rings (SSSR count). The lowest BCUT2D eigenvalue weighted by atomic mass is 9.92. The van der Waals surface area contributed by atoms with Crippen LogP contribution in [0.4, 0.5) is 0 Å². The maximum Gasteiger partial charge on any atom is 0.255 e. The number of fused-ring (bicyclic) bond motifs is 1. The fraction of sp³-hybridized carbons (Fsp3) is 0.368. The molecule has 0 fully saturated rings. The van der Waals surface area contributed by atoms with E-state index in [4.69, 9.17) is 0 Å². The van der Waals surface area contributed by atoms with E-state index in [2.05, 4.69) is 20.5 Å². The molecule has 134 valence electrons. The van der Waals surface area contributed by atoms with Gasteiger partial charge in [-0.05, 0) is 45.2 Å². The number of pyridine rings is 1. The molecule has 1 aliphatic carbocycles. The van der Waals surface area contributed by atoms with E-state index < -0.39 is 0 Å². The van der Waals surface area contributed by atoms with Gasteiger partial charge in [0.15, 0.2) is 5.82 Å². The Morgan fingerprint density at radius 2 is 2.15 bits per heavy atom. The molecule has 0 saturated heterocycles. The van der Waals surface area contributed by atoms with Crippen LogP contribution in [0.3, 0.4) is 0 Å². The van der Waals surface area contributed by atoms with E-state index in [1.807, 2.05) is 50.0 Å². The van der Waals surface area contributed by atoms with E-state index in [9.17, 15) is 4.79 Å². The van der Waals surface area contributed by atoms with Crippen molar-refractivity contribution in [2.24, 2.45) is 7.05 Å². The van der Waals surface area contributed by atoms with Gasteiger partial charge in [-0.2, -0.15) is 10.2 Å². The van der Waals surface area contributed by atoms with Crippen LogP contribution < -0.4 is 5.32 Å². The van der Waals surface area contributed by atoms with Gasteiger partial charge in [-0.15, -0.1) is 0 Å². The molecule has 0 unspecified atom stereocenters. The van der Waals surface area contributed by atoms with Gasteiger partial charge in [-0.1, -0.05) is 6.07 Å². The zero-order chi connectivity index (χ0) is 18.3. The van der Waals surface area contributed by atoms with Crippen molar-refractivity contribution in [3.05, 3.63) is 58.8 Å². The molecule has 0 aliphatic heterocycles. The number of carbonyl (C=O) groups excluding carboxylic acids is 1. The van der Waals surface area contributed by atoms with Crippen molar-refractivity contribution in [1.29, 1.82) is 0 Å². The van der Waals surface area contributed by atoms with Gasteiger partial charge in [0, 0.05) is 24.5 Å². The zero-order valence-electron chi connectivity index (χ0n) is 15.2. The summed E-state index contributed by atoms with van der Waals surface area (Å²) in [5.41, 5.74) is 4.49. The zero-order valence-corrected chi connectivity index (χ0v) is 15.2. The summed E-state index contributed by atoms with van der Waals surface area (Å²) in [5, 5.41) is 12.1. The first-order valence-corrected chi connectivity index (χ1v) is 8.85. The highest BCUT2D eigenvalue weighted by atomic mass is 16.1. The van der Waals surface area contributed by atoms with E-state index in [-0.39, 0.29) is 11.9 Å². The molecule has 0 bridgehead atoms. The van der Waals surface area contributed by atoms with Crippen molar-refractivity contribution in [3.8, 4) is 5.82 Å². The molecule has 0 spiro atoms. The fourth-order valence-corrected chi connectivity index (χ4v) is 3.72. The smallest absolute Gasteiger partial charge is 0.255 e. The standard InChI is InChI=1S/C19H22N6O/c1-12-18(13(2)24(3)23-12)19(26)22-15-7-6-8-16-14(15)11-21-25(16)17-9-4-5-10-20-17/h4-5,9-11,15H,6-8H2,1-3H3,(H,22,26)/t15-/m1/s1. The van der Waals surface area contributed by atoms with Gasteiger partial charge in [0.25, 0.3) is 5.91 Å². The molecule has 0 radical (unpaired) electrons. The number of rotatable bonds is 3. The Kier molecular flexibility index (Phi) is 4.06. The van der Waals surface area contributed by atoms with Gasteiger partial charge in [0.2, 0.25) is 0 Å². The topological polar surface area (TPSA) is 77.6 Å². The van der Waals surface area contributed by atoms with Crippen LogP contribution >= 0.6 is 0 Å². The summed E-state index contributed by atoms with van der Waals surface area (Å²) in [6.45, 7) is 3.79. The van der Waals surface area contributed by atoms with E-state index in [0.717, 1.165) is 47.7 Å². The molecule has 7 nitrogen and oxygen atoms in total. The molecule has 1 amide bonds. The minimum absolute atomic E-state index is 0.0391. The van der Waals surface area contributed by atoms with E-state index in [1.165, 1.54) is 0 Å². The molecule has 26 heavy (non-hydrogen) atoms. The number of aromatic nitrogens is 5. The second kappa shape index (κ2) is 6.40. The summed E-state index contributed by atoms with van der Waals surface area (Å²) < 4.78 is 3.63. The summed E-state index contributed by atoms with van der Waals surface area (Å²) in [7, 11) is 1.86. The third-order valence-electron chi connectivity index (χ3n) is 5.09. The molecular formula is C19H22N6O. The average Bonchev–Trinajstić information content (AvgIpc) is 3.17. The van der Waals surface area contributed by atoms with Crippen LogP contribution in [-0.4, -0.2) is 30.5 Å². The average molecular weight is 350 g/mol. The summed E-state index contributed by atoms with van der Waals surface area (Å²) in [6.07, 6.45) is 6.46. The molecule has 1 aliphatic rings. The maximum atomic E-state index is 12.9. The van der Waals surface area contributed by atoms with Crippen LogP contribution in [0.2, 0.25) is 0 Å². The van der Waals surface area contributed by atoms with Crippen LogP contribution in [0.25, 0.3) is 5.82 Å². The van der Waals surface area contributed by atoms with Gasteiger partial charge in [0.1, 0.15) is 0 Å². The van der Waals surface area contributed by atoms with Crippen LogP contribution in [0.15, 0.2) is 30.6 Å². The predicted octanol–water partition coefficient (Wildman–Crippen LogP) is 2.43. The number of nitrogens with zero attached hydrogens (tertiary/aromatic N) is 5. The Hall–Kier alpha value is -2.96. The van der Waals surface area contributed by atoms with E-state index >= 15 is 0 Å². The highest BCUT2D eigenvalue weighted by molar-refractivity contribution is 5.96. The molecule has 7 heteroatoms. The largest absolute Gasteiger partial charge is 0.345 e. The number of carbonyl (C=O) groups is 1. The third-order valence-corrected chi connectivity index (χ3v) is 5.09. The number of hydrogen-bond acceptors (Lipinski definition) is 4. The van der Waals surface area contributed by atoms with Crippen molar-refractivity contribution in [2.75, 3.05) is 0 Å². The molecule has 3 heterocycles. The summed E-state index contributed by atoms with van der Waals surface area (Å²) in [5.74, 6) is 0.733. The van der Waals surface area contributed by atoms with Gasteiger partial charge in [-0.3, -0.25) is 9.48 Å². The number of aryl methyl sites for hydroxylation is 2. The monoisotopic (exact) mass is 350 g/mol. The van der Waals surface area contributed by atoms with Crippen molar-refractivity contribution in [3.63, 3.8) is 0 Å². The first kappa shape index (κ1) is 16.5. The molecule has 0 aromatic carbocycles. The minimum Gasteiger partial charge on any atom is -0.345 e. The highest BCUT2D eigenvalue weighted by Gasteiger charge is 2.28. The van der Waals surface area contributed by atoms with Crippen LogP contribution in [0, 0.1) is 13.8 Å². The van der Waals surface area contributed by atoms with Crippen LogP contribution in [0.1, 0.15) is 51.9 Å². The highest BCUT2D eigenvalue weighted by Crippen LogP contribution is 2.31. The molecule has 1 N–H and O–H groups in total. The molecule has 3 aromatic rings. The predicted molar refractivity (Wildman–Crippen MR) is 97.2 cm³/mol. The third kappa shape index (κ3) is 2.69.